The monoisotopic (exact) mass is 584 g/mol. The Morgan fingerprint density at radius 2 is 1.37 bits per heavy atom. The summed E-state index contributed by atoms with van der Waals surface area (Å²) in [5.41, 5.74) is -0.809. The summed E-state index contributed by atoms with van der Waals surface area (Å²) in [6, 6.07) is -4.72. The lowest BCUT2D eigenvalue weighted by molar-refractivity contribution is -0.148. The van der Waals surface area contributed by atoms with Crippen molar-refractivity contribution in [1.29, 1.82) is 0 Å². The molecule has 0 heterocycles. The number of amides is 4. The molecule has 41 heavy (non-hydrogen) atoms. The van der Waals surface area contributed by atoms with E-state index in [4.69, 9.17) is 14.2 Å². The highest BCUT2D eigenvalue weighted by Gasteiger charge is 2.33. The van der Waals surface area contributed by atoms with Crippen LogP contribution in [0.25, 0.3) is 0 Å². The Balaban J connectivity index is 5.73. The Morgan fingerprint density at radius 3 is 1.85 bits per heavy atom. The van der Waals surface area contributed by atoms with Crippen molar-refractivity contribution >= 4 is 29.8 Å². The minimum atomic E-state index is -1.34. The summed E-state index contributed by atoms with van der Waals surface area (Å²) in [5.74, 6) is -3.39. The normalized spacial score (nSPS) is 14.2. The van der Waals surface area contributed by atoms with Crippen LogP contribution >= 0.6 is 0 Å². The van der Waals surface area contributed by atoms with Crippen LogP contribution in [0.1, 0.15) is 54.9 Å². The number of esters is 1. The Labute approximate surface area is 242 Å². The number of aliphatic hydroxyl groups is 1. The molecule has 0 rings (SSSR count). The van der Waals surface area contributed by atoms with E-state index in [1.165, 1.54) is 12.2 Å². The molecule has 0 saturated heterocycles. The first-order valence-electron chi connectivity index (χ1n) is 13.5. The van der Waals surface area contributed by atoms with Gasteiger partial charge in [-0.25, -0.2) is 9.59 Å². The van der Waals surface area contributed by atoms with Crippen LogP contribution in [0.4, 0.5) is 4.79 Å². The Hall–Kier alpha value is -3.45. The van der Waals surface area contributed by atoms with Gasteiger partial charge in [0.15, 0.2) is 6.04 Å². The van der Waals surface area contributed by atoms with E-state index in [1.807, 2.05) is 13.8 Å². The van der Waals surface area contributed by atoms with E-state index < -0.39 is 72.1 Å². The zero-order valence-electron chi connectivity index (χ0n) is 25.3. The molecule has 0 radical (unpaired) electrons. The molecule has 0 saturated carbocycles. The van der Waals surface area contributed by atoms with E-state index in [0.29, 0.717) is 0 Å². The average molecular weight is 585 g/mol. The molecule has 0 aliphatic carbocycles. The van der Waals surface area contributed by atoms with Crippen LogP contribution in [0.5, 0.6) is 0 Å². The molecule has 0 spiro atoms. The van der Waals surface area contributed by atoms with Gasteiger partial charge < -0.3 is 40.6 Å². The fraction of sp³-hybridized carbons (Fsp3) is 0.679. The largest absolute Gasteiger partial charge is 0.460 e. The van der Waals surface area contributed by atoms with Gasteiger partial charge in [0.2, 0.25) is 17.7 Å². The molecule has 4 atom stereocenters. The molecule has 0 bridgehead atoms. The Kier molecular flexibility index (Phi) is 17.2. The number of alkyl carbamates (subject to hydrolysis) is 1. The van der Waals surface area contributed by atoms with Crippen LogP contribution in [0.2, 0.25) is 0 Å². The summed E-state index contributed by atoms with van der Waals surface area (Å²) in [7, 11) is 0. The van der Waals surface area contributed by atoms with Gasteiger partial charge in [0.1, 0.15) is 30.3 Å². The van der Waals surface area contributed by atoms with Crippen LogP contribution in [-0.2, 0) is 33.4 Å². The molecular formula is C28H48N4O9. The zero-order chi connectivity index (χ0) is 31.8. The fourth-order valence-corrected chi connectivity index (χ4v) is 3.35. The molecule has 234 valence electrons. The first kappa shape index (κ1) is 37.6. The number of aliphatic hydroxyl groups excluding tert-OH is 1. The summed E-state index contributed by atoms with van der Waals surface area (Å²) in [6.45, 7) is 18.2. The highest BCUT2D eigenvalue weighted by molar-refractivity contribution is 5.95. The number of carbonyl (C=O) groups excluding carboxylic acids is 5. The van der Waals surface area contributed by atoms with Gasteiger partial charge in [-0.15, -0.1) is 6.58 Å². The molecule has 13 heteroatoms. The summed E-state index contributed by atoms with van der Waals surface area (Å²) < 4.78 is 15.5. The second-order valence-electron chi connectivity index (χ2n) is 11.1. The van der Waals surface area contributed by atoms with E-state index >= 15 is 0 Å². The first-order valence-corrected chi connectivity index (χ1v) is 13.5. The molecule has 0 aliphatic rings. The van der Waals surface area contributed by atoms with Gasteiger partial charge in [-0.2, -0.15) is 0 Å². The van der Waals surface area contributed by atoms with Crippen molar-refractivity contribution in [2.75, 3.05) is 26.4 Å². The zero-order valence-corrected chi connectivity index (χ0v) is 25.3. The van der Waals surface area contributed by atoms with E-state index in [9.17, 15) is 29.1 Å². The van der Waals surface area contributed by atoms with Gasteiger partial charge in [0.05, 0.1) is 19.8 Å². The third kappa shape index (κ3) is 15.8. The van der Waals surface area contributed by atoms with Crippen LogP contribution in [0.3, 0.4) is 0 Å². The number of nitrogens with one attached hydrogen (secondary N) is 4. The van der Waals surface area contributed by atoms with Crippen LogP contribution < -0.4 is 21.3 Å². The molecule has 0 aliphatic heterocycles. The molecule has 0 aromatic heterocycles. The third-order valence-electron chi connectivity index (χ3n) is 5.24. The lowest BCUT2D eigenvalue weighted by Gasteiger charge is -2.28. The van der Waals surface area contributed by atoms with E-state index in [1.54, 1.807) is 34.6 Å². The van der Waals surface area contributed by atoms with Crippen molar-refractivity contribution in [2.45, 2.75) is 84.7 Å². The minimum Gasteiger partial charge on any atom is -0.460 e. The van der Waals surface area contributed by atoms with Gasteiger partial charge in [0.25, 0.3) is 0 Å². The molecule has 0 unspecified atom stereocenters. The third-order valence-corrected chi connectivity index (χ3v) is 5.24. The van der Waals surface area contributed by atoms with Crippen molar-refractivity contribution in [3.05, 3.63) is 25.3 Å². The molecule has 5 N–H and O–H groups in total. The van der Waals surface area contributed by atoms with E-state index in [-0.39, 0.29) is 32.2 Å². The first-order chi connectivity index (χ1) is 19.1. The molecular weight excluding hydrogens is 536 g/mol. The standard InChI is InChI=1S/C28H48N4O9/c1-10-12-39-16-21(31-27(38)41-28(7,8)9)24(35)32-22(18(5)6)25(36)29-19(14-17(3)4)23(34)30-20(15-33)26(37)40-13-11-2/h10-11,17-22,33H,1-2,12-16H2,3-9H3,(H,29,36)(H,30,34)(H,31,38)(H,32,35)/t19-,20-,21-,22-/m0/s1. The Bertz CT molecular complexity index is 899. The van der Waals surface area contributed by atoms with Crippen molar-refractivity contribution in [2.24, 2.45) is 11.8 Å². The molecule has 4 amide bonds. The van der Waals surface area contributed by atoms with Gasteiger partial charge in [-0.1, -0.05) is 46.4 Å². The molecule has 13 nitrogen and oxygen atoms in total. The highest BCUT2D eigenvalue weighted by Crippen LogP contribution is 2.10. The van der Waals surface area contributed by atoms with Crippen molar-refractivity contribution < 1.29 is 43.3 Å². The van der Waals surface area contributed by atoms with Crippen molar-refractivity contribution in [3.8, 4) is 0 Å². The van der Waals surface area contributed by atoms with Crippen LogP contribution in [-0.4, -0.2) is 91.1 Å². The van der Waals surface area contributed by atoms with Crippen LogP contribution in [0.15, 0.2) is 25.3 Å². The highest BCUT2D eigenvalue weighted by atomic mass is 16.6. The second kappa shape index (κ2) is 18.8. The molecule has 0 fully saturated rings. The lowest BCUT2D eigenvalue weighted by Crippen LogP contribution is -2.60. The minimum absolute atomic E-state index is 0.0390. The molecule has 0 aromatic rings. The van der Waals surface area contributed by atoms with E-state index in [2.05, 4.69) is 34.4 Å². The predicted molar refractivity (Wildman–Crippen MR) is 153 cm³/mol. The number of hydrogen-bond donors (Lipinski definition) is 5. The lowest BCUT2D eigenvalue weighted by atomic mass is 9.99. The topological polar surface area (TPSA) is 181 Å². The number of hydrogen-bond acceptors (Lipinski definition) is 9. The van der Waals surface area contributed by atoms with E-state index in [0.717, 1.165) is 0 Å². The van der Waals surface area contributed by atoms with Crippen molar-refractivity contribution in [1.82, 2.24) is 21.3 Å². The Morgan fingerprint density at radius 1 is 0.805 bits per heavy atom. The summed E-state index contributed by atoms with van der Waals surface area (Å²) in [5, 5.41) is 19.7. The average Bonchev–Trinajstić information content (AvgIpc) is 2.86. The predicted octanol–water partition coefficient (Wildman–Crippen LogP) is 0.960. The molecule has 0 aromatic carbocycles. The summed E-state index contributed by atoms with van der Waals surface area (Å²) in [4.78, 5) is 64.0. The van der Waals surface area contributed by atoms with Gasteiger partial charge in [0, 0.05) is 0 Å². The number of rotatable bonds is 18. The second-order valence-corrected chi connectivity index (χ2v) is 11.1. The maximum absolute atomic E-state index is 13.3. The fourth-order valence-electron chi connectivity index (χ4n) is 3.35. The van der Waals surface area contributed by atoms with Gasteiger partial charge >= 0.3 is 12.1 Å². The smallest absolute Gasteiger partial charge is 0.408 e. The number of ether oxygens (including phenoxy) is 3. The summed E-state index contributed by atoms with van der Waals surface area (Å²) in [6.07, 6.45) is 2.18. The maximum atomic E-state index is 13.3. The quantitative estimate of drug-likeness (QED) is 0.0890. The SMILES string of the molecule is C=CCOC[C@H](NC(=O)OC(C)(C)C)C(=O)N[C@H](C(=O)N[C@@H](CC(C)C)C(=O)N[C@@H](CO)C(=O)OCC=C)C(C)C. The van der Waals surface area contributed by atoms with Crippen molar-refractivity contribution in [3.63, 3.8) is 0 Å². The summed E-state index contributed by atoms with van der Waals surface area (Å²) >= 11 is 0. The maximum Gasteiger partial charge on any atom is 0.408 e. The van der Waals surface area contributed by atoms with Crippen LogP contribution in [0, 0.1) is 11.8 Å². The van der Waals surface area contributed by atoms with Gasteiger partial charge in [-0.05, 0) is 39.0 Å². The van der Waals surface area contributed by atoms with Gasteiger partial charge in [-0.3, -0.25) is 14.4 Å². The number of carbonyl (C=O) groups is 5.